The summed E-state index contributed by atoms with van der Waals surface area (Å²) in [5, 5.41) is 3.36. The molecule has 0 amide bonds. The Bertz CT molecular complexity index is 612. The first-order chi connectivity index (χ1) is 10.3. The van der Waals surface area contributed by atoms with E-state index >= 15 is 0 Å². The molecule has 0 heterocycles. The molecule has 0 aliphatic rings. The van der Waals surface area contributed by atoms with Crippen molar-refractivity contribution in [1.29, 1.82) is 0 Å². The van der Waals surface area contributed by atoms with E-state index in [4.69, 9.17) is 0 Å². The summed E-state index contributed by atoms with van der Waals surface area (Å²) >= 11 is 1.78. The van der Waals surface area contributed by atoms with Crippen molar-refractivity contribution >= 4 is 23.2 Å². The quantitative estimate of drug-likeness (QED) is 0.198. The zero-order valence-corrected chi connectivity index (χ0v) is 18.4. The number of halogens is 3. The number of nitrogens with one attached hydrogen (secondary N) is 1. The third-order valence-corrected chi connectivity index (χ3v) is 3.65. The number of carbonyl (C=O) groups is 1. The van der Waals surface area contributed by atoms with Crippen LogP contribution in [0, 0.1) is 0 Å². The fraction of sp³-hybridized carbons (Fsp3) is 0.167. The van der Waals surface area contributed by atoms with Gasteiger partial charge in [0, 0.05) is 29.6 Å². The summed E-state index contributed by atoms with van der Waals surface area (Å²) in [7, 11) is 0. The van der Waals surface area contributed by atoms with Crippen molar-refractivity contribution in [2.24, 2.45) is 0 Å². The maximum atomic E-state index is 12.3. The molecule has 133 valence electrons. The number of thioether (sulfide) groups is 1. The van der Waals surface area contributed by atoms with Crippen LogP contribution >= 0.6 is 11.8 Å². The molecule has 0 spiro atoms. The third kappa shape index (κ3) is 10.3. The average Bonchev–Trinajstić information content (AvgIpc) is 2.55. The number of allylic oxidation sites excluding steroid dienone is 1. The predicted octanol–water partition coefficient (Wildman–Crippen LogP) is -5.13. The predicted molar refractivity (Wildman–Crippen MR) is 91.6 cm³/mol. The van der Waals surface area contributed by atoms with Gasteiger partial charge in [0.05, 0.1) is 0 Å². The molecule has 0 fully saturated rings. The molecule has 2 nitrogen and oxygen atoms in total. The van der Waals surface area contributed by atoms with Crippen LogP contribution in [0.3, 0.4) is 0 Å². The van der Waals surface area contributed by atoms with Gasteiger partial charge in [0.15, 0.2) is 5.78 Å². The second-order valence-electron chi connectivity index (χ2n) is 4.57. The van der Waals surface area contributed by atoms with Crippen LogP contribution in [0.15, 0.2) is 66.7 Å². The first-order valence-electron chi connectivity index (χ1n) is 6.90. The van der Waals surface area contributed by atoms with Gasteiger partial charge in [-0.3, -0.25) is 4.79 Å². The SMILES string of the molecule is CSCCNC(=CC(=O)c1ccccc1)c1ccccc1.[Cl-].[Cl-].[Cl-].[Ti+3]. The van der Waals surface area contributed by atoms with Gasteiger partial charge in [0.1, 0.15) is 0 Å². The second-order valence-corrected chi connectivity index (χ2v) is 5.56. The van der Waals surface area contributed by atoms with E-state index in [1.165, 1.54) is 0 Å². The molecule has 7 heteroatoms. The van der Waals surface area contributed by atoms with Gasteiger partial charge in [-0.15, -0.1) is 0 Å². The molecule has 0 aromatic heterocycles. The van der Waals surface area contributed by atoms with E-state index in [1.807, 2.05) is 60.7 Å². The summed E-state index contributed by atoms with van der Waals surface area (Å²) in [6, 6.07) is 19.3. The molecule has 0 unspecified atom stereocenters. The smallest absolute Gasteiger partial charge is 1.00 e. The number of hydrogen-bond donors (Lipinski definition) is 1. The van der Waals surface area contributed by atoms with Crippen molar-refractivity contribution in [3.63, 3.8) is 0 Å². The van der Waals surface area contributed by atoms with Crippen molar-refractivity contribution in [1.82, 2.24) is 5.32 Å². The summed E-state index contributed by atoms with van der Waals surface area (Å²) < 4.78 is 0. The van der Waals surface area contributed by atoms with E-state index < -0.39 is 0 Å². The van der Waals surface area contributed by atoms with Gasteiger partial charge < -0.3 is 42.5 Å². The Hall–Kier alpha value is -0.416. The maximum absolute atomic E-state index is 12.3. The van der Waals surface area contributed by atoms with Gasteiger partial charge >= 0.3 is 21.7 Å². The third-order valence-electron chi connectivity index (χ3n) is 3.04. The van der Waals surface area contributed by atoms with E-state index in [9.17, 15) is 4.79 Å². The van der Waals surface area contributed by atoms with E-state index in [2.05, 4.69) is 11.6 Å². The van der Waals surface area contributed by atoms with Gasteiger partial charge in [0.2, 0.25) is 0 Å². The fourth-order valence-electron chi connectivity index (χ4n) is 1.96. The molecule has 0 aliphatic carbocycles. The van der Waals surface area contributed by atoms with E-state index in [0.29, 0.717) is 5.56 Å². The maximum Gasteiger partial charge on any atom is 3.00 e. The fourth-order valence-corrected chi connectivity index (χ4v) is 2.26. The summed E-state index contributed by atoms with van der Waals surface area (Å²) in [5.74, 6) is 1.02. The standard InChI is InChI=1S/C18H19NOS.3ClH.Ti/c1-21-13-12-19-17(15-8-4-2-5-9-15)14-18(20)16-10-6-3-7-11-16;;;;/h2-11,14,19H,12-13H2,1H3;3*1H;/q;;;;+3/p-3. The zero-order chi connectivity index (χ0) is 14.9. The number of hydrogen-bond acceptors (Lipinski definition) is 3. The Kier molecular flexibility index (Phi) is 20.0. The van der Waals surface area contributed by atoms with Crippen LogP contribution in [0.2, 0.25) is 0 Å². The Balaban J connectivity index is -0.00000121. The Labute approximate surface area is 187 Å². The molecule has 0 saturated carbocycles. The van der Waals surface area contributed by atoms with Crippen LogP contribution in [-0.4, -0.2) is 24.3 Å². The van der Waals surface area contributed by atoms with Crippen molar-refractivity contribution in [3.8, 4) is 0 Å². The molecule has 0 saturated heterocycles. The molecule has 0 atom stereocenters. The van der Waals surface area contributed by atoms with Crippen molar-refractivity contribution in [2.45, 2.75) is 0 Å². The van der Waals surface area contributed by atoms with Crippen LogP contribution in [0.1, 0.15) is 15.9 Å². The zero-order valence-electron chi connectivity index (χ0n) is 13.7. The minimum Gasteiger partial charge on any atom is -1.00 e. The molecule has 25 heavy (non-hydrogen) atoms. The average molecular weight is 452 g/mol. The van der Waals surface area contributed by atoms with Gasteiger partial charge in [-0.1, -0.05) is 60.7 Å². The second kappa shape index (κ2) is 17.0. The van der Waals surface area contributed by atoms with Crippen LogP contribution in [0.4, 0.5) is 0 Å². The Morgan fingerprint density at radius 1 is 0.920 bits per heavy atom. The van der Waals surface area contributed by atoms with Crippen LogP contribution in [-0.2, 0) is 21.7 Å². The Morgan fingerprint density at radius 2 is 1.40 bits per heavy atom. The summed E-state index contributed by atoms with van der Waals surface area (Å²) in [6.45, 7) is 0.837. The van der Waals surface area contributed by atoms with E-state index in [-0.39, 0.29) is 64.7 Å². The molecule has 2 aromatic carbocycles. The molecular weight excluding hydrogens is 432 g/mol. The largest absolute Gasteiger partial charge is 3.00 e. The van der Waals surface area contributed by atoms with Gasteiger partial charge in [-0.05, 0) is 11.8 Å². The van der Waals surface area contributed by atoms with E-state index in [0.717, 1.165) is 23.6 Å². The topological polar surface area (TPSA) is 29.1 Å². The molecule has 2 rings (SSSR count). The van der Waals surface area contributed by atoms with Crippen LogP contribution in [0.25, 0.3) is 5.70 Å². The van der Waals surface area contributed by atoms with Crippen molar-refractivity contribution in [3.05, 3.63) is 77.9 Å². The number of ketones is 1. The van der Waals surface area contributed by atoms with Crippen molar-refractivity contribution in [2.75, 3.05) is 18.6 Å². The van der Waals surface area contributed by atoms with Crippen molar-refractivity contribution < 1.29 is 63.7 Å². The number of carbonyl (C=O) groups excluding carboxylic acids is 1. The van der Waals surface area contributed by atoms with Gasteiger partial charge in [0.25, 0.3) is 0 Å². The van der Waals surface area contributed by atoms with Crippen LogP contribution < -0.4 is 42.5 Å². The summed E-state index contributed by atoms with van der Waals surface area (Å²) in [5.41, 5.74) is 2.61. The summed E-state index contributed by atoms with van der Waals surface area (Å²) in [4.78, 5) is 12.3. The summed E-state index contributed by atoms with van der Waals surface area (Å²) in [6.07, 6.45) is 3.76. The Morgan fingerprint density at radius 3 is 1.88 bits per heavy atom. The molecular formula is C18H19Cl3NOSTi. The first kappa shape index (κ1) is 29.4. The van der Waals surface area contributed by atoms with Gasteiger partial charge in [-0.25, -0.2) is 0 Å². The minimum absolute atomic E-state index is 0. The molecule has 0 bridgehead atoms. The number of benzene rings is 2. The molecule has 2 aromatic rings. The molecule has 1 radical (unpaired) electrons. The monoisotopic (exact) mass is 450 g/mol. The molecule has 0 aliphatic heterocycles. The van der Waals surface area contributed by atoms with Gasteiger partial charge in [-0.2, -0.15) is 11.8 Å². The number of rotatable bonds is 7. The molecule has 1 N–H and O–H groups in total. The first-order valence-corrected chi connectivity index (χ1v) is 8.30. The normalized spacial score (nSPS) is 9.40. The minimum atomic E-state index is 0. The van der Waals surface area contributed by atoms with Crippen LogP contribution in [0.5, 0.6) is 0 Å². The van der Waals surface area contributed by atoms with E-state index in [1.54, 1.807) is 17.8 Å².